The van der Waals surface area contributed by atoms with Crippen molar-refractivity contribution >= 4 is 35.0 Å². The van der Waals surface area contributed by atoms with Gasteiger partial charge in [0.05, 0.1) is 18.2 Å². The maximum atomic E-state index is 13.6. The van der Waals surface area contributed by atoms with Crippen molar-refractivity contribution in [2.24, 2.45) is 15.1 Å². The van der Waals surface area contributed by atoms with Gasteiger partial charge in [-0.15, -0.1) is 0 Å². The van der Waals surface area contributed by atoms with Crippen molar-refractivity contribution in [2.75, 3.05) is 0 Å². The Bertz CT molecular complexity index is 1080. The van der Waals surface area contributed by atoms with Crippen molar-refractivity contribution in [3.63, 3.8) is 0 Å². The standard InChI is InChI=1S/C21H19ClF3N5O/c1-3-11(2)26-21(28-20(31)12-4-5-16(24)17(25)8-12)27-19-10-18(29-30-19)13-6-14(22)9-15(23)7-13/h4-9,11H,3,10H2,1-2H3,(H2,26,27,28,30,31). The van der Waals surface area contributed by atoms with Crippen LogP contribution in [0.5, 0.6) is 0 Å². The Kier molecular flexibility index (Phi) is 7.06. The number of hydrogen-bond acceptors (Lipinski definition) is 3. The van der Waals surface area contributed by atoms with E-state index in [1.807, 2.05) is 13.8 Å². The summed E-state index contributed by atoms with van der Waals surface area (Å²) in [6, 6.07) is 6.72. The normalized spacial score (nSPS) is 16.1. The molecule has 1 unspecified atom stereocenters. The Morgan fingerprint density at radius 3 is 2.68 bits per heavy atom. The highest BCUT2D eigenvalue weighted by molar-refractivity contribution is 6.31. The predicted molar refractivity (Wildman–Crippen MR) is 114 cm³/mol. The fraction of sp³-hybridized carbons (Fsp3) is 0.238. The number of amidine groups is 1. The summed E-state index contributed by atoms with van der Waals surface area (Å²) in [7, 11) is 0. The van der Waals surface area contributed by atoms with Crippen molar-refractivity contribution in [1.82, 2.24) is 10.7 Å². The van der Waals surface area contributed by atoms with Crippen molar-refractivity contribution in [3.05, 3.63) is 70.0 Å². The molecular formula is C21H19ClF3N5O. The van der Waals surface area contributed by atoms with Crippen LogP contribution >= 0.6 is 11.6 Å². The van der Waals surface area contributed by atoms with Crippen molar-refractivity contribution in [1.29, 1.82) is 0 Å². The molecule has 0 aromatic heterocycles. The lowest BCUT2D eigenvalue weighted by Gasteiger charge is -2.09. The van der Waals surface area contributed by atoms with Crippen LogP contribution in [0.3, 0.4) is 0 Å². The molecule has 1 atom stereocenters. The van der Waals surface area contributed by atoms with Crippen molar-refractivity contribution in [3.8, 4) is 0 Å². The summed E-state index contributed by atoms with van der Waals surface area (Å²) in [6.45, 7) is 3.75. The van der Waals surface area contributed by atoms with E-state index in [-0.39, 0.29) is 29.0 Å². The number of benzene rings is 2. The Morgan fingerprint density at radius 2 is 2.00 bits per heavy atom. The van der Waals surface area contributed by atoms with Gasteiger partial charge < -0.3 is 0 Å². The molecule has 31 heavy (non-hydrogen) atoms. The molecule has 0 radical (unpaired) electrons. The van der Waals surface area contributed by atoms with Gasteiger partial charge in [-0.2, -0.15) is 10.1 Å². The van der Waals surface area contributed by atoms with Crippen LogP contribution < -0.4 is 10.7 Å². The van der Waals surface area contributed by atoms with Crippen LogP contribution in [0.1, 0.15) is 42.6 Å². The van der Waals surface area contributed by atoms with Crippen LogP contribution in [-0.4, -0.2) is 29.5 Å². The molecule has 0 saturated heterocycles. The molecule has 1 heterocycles. The Morgan fingerprint density at radius 1 is 1.23 bits per heavy atom. The van der Waals surface area contributed by atoms with Crippen LogP contribution in [0, 0.1) is 17.5 Å². The van der Waals surface area contributed by atoms with Gasteiger partial charge in [0.25, 0.3) is 5.91 Å². The summed E-state index contributed by atoms with van der Waals surface area (Å²) in [5.74, 6) is -3.02. The third-order valence-electron chi connectivity index (χ3n) is 4.43. The monoisotopic (exact) mass is 449 g/mol. The van der Waals surface area contributed by atoms with Crippen molar-refractivity contribution < 1.29 is 18.0 Å². The van der Waals surface area contributed by atoms with Crippen LogP contribution in [0.2, 0.25) is 5.02 Å². The number of aliphatic imine (C=N–C) groups is 2. The SMILES string of the molecule is CCC(C)N=C(N=C1CC(c2cc(F)cc(Cl)c2)=NN1)NC(=O)c1ccc(F)c(F)c1. The highest BCUT2D eigenvalue weighted by atomic mass is 35.5. The van der Waals surface area contributed by atoms with Gasteiger partial charge in [0.1, 0.15) is 11.7 Å². The lowest BCUT2D eigenvalue weighted by atomic mass is 10.1. The smallest absolute Gasteiger partial charge is 0.258 e. The quantitative estimate of drug-likeness (QED) is 0.534. The molecule has 0 spiro atoms. The number of rotatable bonds is 4. The largest absolute Gasteiger partial charge is 0.291 e. The zero-order chi connectivity index (χ0) is 22.5. The van der Waals surface area contributed by atoms with Crippen LogP contribution in [0.15, 0.2) is 51.5 Å². The fourth-order valence-corrected chi connectivity index (χ4v) is 2.87. The second kappa shape index (κ2) is 9.74. The number of hydrazone groups is 1. The minimum Gasteiger partial charge on any atom is -0.291 e. The Hall–Kier alpha value is -3.20. The summed E-state index contributed by atoms with van der Waals surface area (Å²) < 4.78 is 40.2. The number of nitrogens with zero attached hydrogens (tertiary/aromatic N) is 3. The maximum absolute atomic E-state index is 13.6. The predicted octanol–water partition coefficient (Wildman–Crippen LogP) is 4.44. The third-order valence-corrected chi connectivity index (χ3v) is 4.65. The fourth-order valence-electron chi connectivity index (χ4n) is 2.65. The minimum absolute atomic E-state index is 0.0136. The number of hydrogen-bond donors (Lipinski definition) is 2. The first kappa shape index (κ1) is 22.5. The van der Waals surface area contributed by atoms with Gasteiger partial charge in [0.2, 0.25) is 5.96 Å². The molecule has 0 aliphatic carbocycles. The molecule has 0 bridgehead atoms. The number of nitrogens with one attached hydrogen (secondary N) is 2. The Labute approximate surface area is 181 Å². The molecule has 162 valence electrons. The van der Waals surface area contributed by atoms with Gasteiger partial charge >= 0.3 is 0 Å². The third kappa shape index (κ3) is 5.91. The van der Waals surface area contributed by atoms with Gasteiger partial charge in [-0.25, -0.2) is 18.2 Å². The first-order valence-corrected chi connectivity index (χ1v) is 9.83. The van der Waals surface area contributed by atoms with E-state index in [0.29, 0.717) is 23.5 Å². The molecule has 2 aromatic carbocycles. The highest BCUT2D eigenvalue weighted by Crippen LogP contribution is 2.18. The highest BCUT2D eigenvalue weighted by Gasteiger charge is 2.19. The first-order chi connectivity index (χ1) is 14.7. The zero-order valence-corrected chi connectivity index (χ0v) is 17.5. The van der Waals surface area contributed by atoms with Gasteiger partial charge in [0.15, 0.2) is 11.6 Å². The van der Waals surface area contributed by atoms with Gasteiger partial charge in [-0.1, -0.05) is 18.5 Å². The van der Waals surface area contributed by atoms with E-state index >= 15 is 0 Å². The molecule has 1 amide bonds. The van der Waals surface area contributed by atoms with Gasteiger partial charge in [-0.05, 0) is 49.7 Å². The molecule has 3 rings (SSSR count). The Balaban J connectivity index is 1.80. The van der Waals surface area contributed by atoms with Crippen LogP contribution in [-0.2, 0) is 0 Å². The average molecular weight is 450 g/mol. The topological polar surface area (TPSA) is 78.2 Å². The maximum Gasteiger partial charge on any atom is 0.258 e. The van der Waals surface area contributed by atoms with E-state index in [2.05, 4.69) is 25.8 Å². The minimum atomic E-state index is -1.14. The van der Waals surface area contributed by atoms with Crippen LogP contribution in [0.25, 0.3) is 0 Å². The number of halogens is 4. The summed E-state index contributed by atoms with van der Waals surface area (Å²) in [4.78, 5) is 21.1. The van der Waals surface area contributed by atoms with Gasteiger partial charge in [-0.3, -0.25) is 15.5 Å². The molecule has 10 heteroatoms. The summed E-state index contributed by atoms with van der Waals surface area (Å²) in [6.07, 6.45) is 0.909. The second-order valence-electron chi connectivity index (χ2n) is 6.86. The first-order valence-electron chi connectivity index (χ1n) is 9.46. The van der Waals surface area contributed by atoms with Gasteiger partial charge in [0, 0.05) is 16.1 Å². The zero-order valence-electron chi connectivity index (χ0n) is 16.7. The van der Waals surface area contributed by atoms with E-state index in [1.165, 1.54) is 12.1 Å². The number of amides is 1. The van der Waals surface area contributed by atoms with E-state index in [0.717, 1.165) is 18.2 Å². The molecule has 6 nitrogen and oxygen atoms in total. The van der Waals surface area contributed by atoms with E-state index in [4.69, 9.17) is 11.6 Å². The van der Waals surface area contributed by atoms with E-state index < -0.39 is 23.4 Å². The summed E-state index contributed by atoms with van der Waals surface area (Å²) in [5, 5.41) is 6.88. The summed E-state index contributed by atoms with van der Waals surface area (Å²) in [5.41, 5.74) is 3.65. The number of guanidine groups is 1. The molecule has 2 aromatic rings. The lowest BCUT2D eigenvalue weighted by Crippen LogP contribution is -2.32. The number of carbonyl (C=O) groups is 1. The molecule has 1 aliphatic rings. The average Bonchev–Trinajstić information content (AvgIpc) is 3.17. The molecule has 2 N–H and O–H groups in total. The molecule has 0 saturated carbocycles. The lowest BCUT2D eigenvalue weighted by molar-refractivity contribution is 0.0976. The van der Waals surface area contributed by atoms with Crippen molar-refractivity contribution in [2.45, 2.75) is 32.7 Å². The molecule has 1 aliphatic heterocycles. The molecular weight excluding hydrogens is 431 g/mol. The van der Waals surface area contributed by atoms with Crippen LogP contribution in [0.4, 0.5) is 13.2 Å². The van der Waals surface area contributed by atoms with E-state index in [1.54, 1.807) is 6.07 Å². The second-order valence-corrected chi connectivity index (χ2v) is 7.29. The summed E-state index contributed by atoms with van der Waals surface area (Å²) >= 11 is 5.90. The molecule has 0 fully saturated rings. The van der Waals surface area contributed by atoms with E-state index in [9.17, 15) is 18.0 Å². The number of carbonyl (C=O) groups excluding carboxylic acids is 1.